The molecular weight excluding hydrogens is 375 g/mol. The van der Waals surface area contributed by atoms with Crippen molar-refractivity contribution in [2.75, 3.05) is 17.2 Å². The third kappa shape index (κ3) is 3.49. The lowest BCUT2D eigenvalue weighted by molar-refractivity contribution is -0.114. The SMILES string of the molecule is Cn1c(C=N)c(NCC(=O)Nc2nc3ccc(F)cc3s2)c(=O)n(C)c1=O.[HH]. The Bertz CT molecular complexity index is 1190. The van der Waals surface area contributed by atoms with Crippen LogP contribution in [0, 0.1) is 11.2 Å². The number of nitrogens with one attached hydrogen (secondary N) is 3. The topological polar surface area (TPSA) is 122 Å². The van der Waals surface area contributed by atoms with Crippen molar-refractivity contribution in [1.29, 1.82) is 5.41 Å². The number of aromatic nitrogens is 3. The van der Waals surface area contributed by atoms with Gasteiger partial charge in [-0.3, -0.25) is 18.7 Å². The summed E-state index contributed by atoms with van der Waals surface area (Å²) in [5.41, 5.74) is -0.625. The minimum Gasteiger partial charge on any atom is -0.370 e. The van der Waals surface area contributed by atoms with Crippen molar-refractivity contribution in [2.24, 2.45) is 14.1 Å². The lowest BCUT2D eigenvalue weighted by atomic mass is 10.3. The summed E-state index contributed by atoms with van der Waals surface area (Å²) in [6, 6.07) is 4.12. The quantitative estimate of drug-likeness (QED) is 0.562. The number of fused-ring (bicyclic) bond motifs is 1. The third-order valence-electron chi connectivity index (χ3n) is 3.87. The van der Waals surface area contributed by atoms with Gasteiger partial charge in [0, 0.05) is 21.7 Å². The molecule has 1 aromatic carbocycles. The van der Waals surface area contributed by atoms with Gasteiger partial charge in [-0.1, -0.05) is 11.3 Å². The van der Waals surface area contributed by atoms with Crippen LogP contribution in [0.5, 0.6) is 0 Å². The number of hydrogen-bond donors (Lipinski definition) is 3. The van der Waals surface area contributed by atoms with E-state index < -0.39 is 23.0 Å². The molecule has 3 aromatic rings. The fourth-order valence-corrected chi connectivity index (χ4v) is 3.39. The fraction of sp³-hybridized carbons (Fsp3) is 0.188. The summed E-state index contributed by atoms with van der Waals surface area (Å²) in [4.78, 5) is 40.5. The zero-order chi connectivity index (χ0) is 19.7. The van der Waals surface area contributed by atoms with Crippen LogP contribution >= 0.6 is 11.3 Å². The number of carbonyl (C=O) groups excluding carboxylic acids is 1. The fourth-order valence-electron chi connectivity index (χ4n) is 2.48. The first-order chi connectivity index (χ1) is 12.8. The summed E-state index contributed by atoms with van der Waals surface area (Å²) in [5.74, 6) is -0.878. The highest BCUT2D eigenvalue weighted by atomic mass is 32.1. The van der Waals surface area contributed by atoms with Gasteiger partial charge in [0.2, 0.25) is 5.91 Å². The maximum absolute atomic E-state index is 13.2. The molecule has 0 saturated carbocycles. The third-order valence-corrected chi connectivity index (χ3v) is 4.80. The van der Waals surface area contributed by atoms with Crippen LogP contribution in [0.25, 0.3) is 10.2 Å². The van der Waals surface area contributed by atoms with Crippen LogP contribution in [0.2, 0.25) is 0 Å². The number of benzene rings is 1. The number of hydrogen-bond acceptors (Lipinski definition) is 7. The summed E-state index contributed by atoms with van der Waals surface area (Å²) in [6.07, 6.45) is 0.866. The molecule has 0 fully saturated rings. The van der Waals surface area contributed by atoms with E-state index in [0.29, 0.717) is 15.3 Å². The lowest BCUT2D eigenvalue weighted by Gasteiger charge is -2.13. The number of amides is 1. The highest BCUT2D eigenvalue weighted by Gasteiger charge is 2.15. The van der Waals surface area contributed by atoms with Gasteiger partial charge in [0.25, 0.3) is 5.56 Å². The van der Waals surface area contributed by atoms with E-state index in [4.69, 9.17) is 5.41 Å². The Morgan fingerprint density at radius 2 is 2.11 bits per heavy atom. The van der Waals surface area contributed by atoms with Gasteiger partial charge in [-0.15, -0.1) is 0 Å². The second-order valence-electron chi connectivity index (χ2n) is 5.64. The molecule has 0 aliphatic carbocycles. The summed E-state index contributed by atoms with van der Waals surface area (Å²) >= 11 is 1.12. The Hall–Kier alpha value is -3.34. The van der Waals surface area contributed by atoms with Gasteiger partial charge in [-0.2, -0.15) is 0 Å². The van der Waals surface area contributed by atoms with Crippen molar-refractivity contribution in [3.8, 4) is 0 Å². The highest BCUT2D eigenvalue weighted by Crippen LogP contribution is 2.26. The minimum absolute atomic E-state index is 0. The molecule has 0 atom stereocenters. The molecule has 2 aromatic heterocycles. The summed E-state index contributed by atoms with van der Waals surface area (Å²) in [6.45, 7) is -0.279. The van der Waals surface area contributed by atoms with Gasteiger partial charge in [0.15, 0.2) is 5.13 Å². The largest absolute Gasteiger partial charge is 0.370 e. The molecule has 0 unspecified atom stereocenters. The van der Waals surface area contributed by atoms with E-state index in [1.54, 1.807) is 0 Å². The molecule has 27 heavy (non-hydrogen) atoms. The number of nitrogens with zero attached hydrogens (tertiary/aromatic N) is 3. The van der Waals surface area contributed by atoms with Crippen molar-refractivity contribution in [1.82, 2.24) is 14.1 Å². The van der Waals surface area contributed by atoms with E-state index in [9.17, 15) is 18.8 Å². The maximum atomic E-state index is 13.2. The average molecular weight is 392 g/mol. The number of thiazole rings is 1. The molecule has 142 valence electrons. The van der Waals surface area contributed by atoms with Crippen LogP contribution in [-0.2, 0) is 18.9 Å². The van der Waals surface area contributed by atoms with Gasteiger partial charge in [-0.25, -0.2) is 14.2 Å². The predicted octanol–water partition coefficient (Wildman–Crippen LogP) is 1.13. The molecule has 1 amide bonds. The van der Waals surface area contributed by atoms with E-state index >= 15 is 0 Å². The van der Waals surface area contributed by atoms with Crippen molar-refractivity contribution in [2.45, 2.75) is 0 Å². The molecule has 11 heteroatoms. The van der Waals surface area contributed by atoms with Crippen LogP contribution in [0.4, 0.5) is 15.2 Å². The summed E-state index contributed by atoms with van der Waals surface area (Å²) < 4.78 is 15.8. The Morgan fingerprint density at radius 1 is 1.37 bits per heavy atom. The van der Waals surface area contributed by atoms with Gasteiger partial charge in [0.1, 0.15) is 11.5 Å². The van der Waals surface area contributed by atoms with Crippen LogP contribution in [0.15, 0.2) is 27.8 Å². The molecule has 9 nitrogen and oxygen atoms in total. The second-order valence-corrected chi connectivity index (χ2v) is 6.67. The Kier molecular flexibility index (Phi) is 4.86. The van der Waals surface area contributed by atoms with E-state index in [-0.39, 0.29) is 19.4 Å². The molecule has 0 aliphatic rings. The Labute approximate surface area is 157 Å². The summed E-state index contributed by atoms with van der Waals surface area (Å²) in [5, 5.41) is 12.9. The minimum atomic E-state index is -0.639. The van der Waals surface area contributed by atoms with Crippen LogP contribution in [0.3, 0.4) is 0 Å². The van der Waals surface area contributed by atoms with Crippen molar-refractivity contribution in [3.05, 3.63) is 50.5 Å². The number of carbonyl (C=O) groups is 1. The predicted molar refractivity (Wildman–Crippen MR) is 104 cm³/mol. The van der Waals surface area contributed by atoms with E-state index in [1.807, 2.05) is 0 Å². The molecule has 0 aliphatic heterocycles. The monoisotopic (exact) mass is 392 g/mol. The number of rotatable bonds is 5. The highest BCUT2D eigenvalue weighted by molar-refractivity contribution is 7.22. The van der Waals surface area contributed by atoms with Crippen molar-refractivity contribution in [3.63, 3.8) is 0 Å². The first kappa shape index (κ1) is 18.5. The van der Waals surface area contributed by atoms with Crippen molar-refractivity contribution >= 4 is 44.5 Å². The Balaban J connectivity index is 0.00000280. The molecule has 2 heterocycles. The second kappa shape index (κ2) is 7.11. The van der Waals surface area contributed by atoms with Crippen LogP contribution in [0.1, 0.15) is 7.12 Å². The molecule has 0 saturated heterocycles. The number of anilines is 2. The zero-order valence-corrected chi connectivity index (χ0v) is 15.2. The van der Waals surface area contributed by atoms with E-state index in [1.165, 1.54) is 32.3 Å². The molecule has 3 N–H and O–H groups in total. The summed E-state index contributed by atoms with van der Waals surface area (Å²) in [7, 11) is 2.73. The first-order valence-electron chi connectivity index (χ1n) is 7.72. The zero-order valence-electron chi connectivity index (χ0n) is 14.4. The normalized spacial score (nSPS) is 10.8. The lowest BCUT2D eigenvalue weighted by Crippen LogP contribution is -2.41. The Morgan fingerprint density at radius 3 is 2.81 bits per heavy atom. The molecule has 0 radical (unpaired) electrons. The van der Waals surface area contributed by atoms with Gasteiger partial charge in [-0.05, 0) is 18.2 Å². The number of halogens is 1. The van der Waals surface area contributed by atoms with E-state index in [0.717, 1.165) is 26.7 Å². The van der Waals surface area contributed by atoms with E-state index in [2.05, 4.69) is 15.6 Å². The molecule has 0 spiro atoms. The van der Waals surface area contributed by atoms with Crippen LogP contribution < -0.4 is 21.9 Å². The van der Waals surface area contributed by atoms with Crippen molar-refractivity contribution < 1.29 is 10.6 Å². The standard InChI is InChI=1S/C16H15FN6O3S.H2/c1-22-10(6-18)13(14(25)23(2)16(22)26)19-7-12(24)21-15-20-9-4-3-8(17)5-11(9)27-15;/h3-6,18-19H,7H2,1-2H3,(H,20,21,24);1H. The van der Waals surface area contributed by atoms with Gasteiger partial charge >= 0.3 is 5.69 Å². The average Bonchev–Trinajstić information content (AvgIpc) is 3.02. The smallest absolute Gasteiger partial charge is 0.331 e. The van der Waals surface area contributed by atoms with Gasteiger partial charge < -0.3 is 16.0 Å². The van der Waals surface area contributed by atoms with Gasteiger partial charge in [0.05, 0.1) is 22.5 Å². The maximum Gasteiger partial charge on any atom is 0.331 e. The molecule has 0 bridgehead atoms. The molecular formula is C16H17FN6O3S. The van der Waals surface area contributed by atoms with Crippen LogP contribution in [-0.4, -0.2) is 32.8 Å². The molecule has 3 rings (SSSR count). The first-order valence-corrected chi connectivity index (χ1v) is 8.53.